The van der Waals surface area contributed by atoms with E-state index in [2.05, 4.69) is 5.10 Å². The molecule has 0 atom stereocenters. The number of ether oxygens (including phenoxy) is 1. The van der Waals surface area contributed by atoms with E-state index < -0.39 is 0 Å². The first-order chi connectivity index (χ1) is 12.1. The molecule has 1 heterocycles. The van der Waals surface area contributed by atoms with E-state index >= 15 is 0 Å². The first-order valence-electron chi connectivity index (χ1n) is 8.03. The van der Waals surface area contributed by atoms with Gasteiger partial charge in [-0.25, -0.2) is 4.68 Å². The molecule has 4 rings (SSSR count). The van der Waals surface area contributed by atoms with Crippen molar-refractivity contribution in [3.05, 3.63) is 75.0 Å². The van der Waals surface area contributed by atoms with Crippen LogP contribution in [-0.2, 0) is 6.61 Å². The van der Waals surface area contributed by atoms with Crippen LogP contribution in [-0.4, -0.2) is 9.78 Å². The molecule has 0 aliphatic heterocycles. The van der Waals surface area contributed by atoms with Gasteiger partial charge in [0.1, 0.15) is 18.0 Å². The number of hydrogen-bond acceptors (Lipinski definition) is 2. The van der Waals surface area contributed by atoms with Gasteiger partial charge >= 0.3 is 0 Å². The maximum atomic E-state index is 6.37. The van der Waals surface area contributed by atoms with E-state index in [-0.39, 0.29) is 0 Å². The molecule has 1 saturated carbocycles. The minimum atomic E-state index is 0.369. The topological polar surface area (TPSA) is 27.1 Å². The molecular formula is C19H15Cl3N2O. The summed E-state index contributed by atoms with van der Waals surface area (Å²) in [6, 6.07) is 12.8. The van der Waals surface area contributed by atoms with Gasteiger partial charge < -0.3 is 4.74 Å². The number of rotatable bonds is 5. The van der Waals surface area contributed by atoms with Crippen molar-refractivity contribution in [1.29, 1.82) is 0 Å². The molecule has 0 unspecified atom stereocenters. The fourth-order valence-electron chi connectivity index (χ4n) is 2.86. The van der Waals surface area contributed by atoms with Crippen molar-refractivity contribution in [3.8, 4) is 11.4 Å². The van der Waals surface area contributed by atoms with E-state index in [1.165, 1.54) is 18.4 Å². The maximum Gasteiger partial charge on any atom is 0.131 e. The van der Waals surface area contributed by atoms with Gasteiger partial charge in [0.2, 0.25) is 0 Å². The summed E-state index contributed by atoms with van der Waals surface area (Å²) in [6.07, 6.45) is 4.24. The average molecular weight is 394 g/mol. The molecule has 0 amide bonds. The highest BCUT2D eigenvalue weighted by atomic mass is 35.5. The molecule has 3 nitrogen and oxygen atoms in total. The highest BCUT2D eigenvalue weighted by Gasteiger charge is 2.30. The van der Waals surface area contributed by atoms with Crippen LogP contribution in [0.2, 0.25) is 15.1 Å². The van der Waals surface area contributed by atoms with Crippen LogP contribution < -0.4 is 4.74 Å². The smallest absolute Gasteiger partial charge is 0.131 e. The van der Waals surface area contributed by atoms with Crippen molar-refractivity contribution in [1.82, 2.24) is 9.78 Å². The van der Waals surface area contributed by atoms with Crippen LogP contribution in [0.25, 0.3) is 5.69 Å². The van der Waals surface area contributed by atoms with E-state index in [1.54, 1.807) is 10.7 Å². The average Bonchev–Trinajstić information content (AvgIpc) is 3.34. The lowest BCUT2D eigenvalue weighted by atomic mass is 10.1. The Labute approximate surface area is 161 Å². The molecule has 1 fully saturated rings. The van der Waals surface area contributed by atoms with E-state index in [0.717, 1.165) is 5.69 Å². The molecule has 0 radical (unpaired) electrons. The molecule has 0 spiro atoms. The van der Waals surface area contributed by atoms with Gasteiger partial charge in [0.05, 0.1) is 21.9 Å². The number of para-hydroxylation sites is 1. The van der Waals surface area contributed by atoms with Gasteiger partial charge in [-0.15, -0.1) is 0 Å². The molecule has 3 aromatic rings. The molecule has 0 bridgehead atoms. The number of benzene rings is 2. The van der Waals surface area contributed by atoms with Gasteiger partial charge in [0.25, 0.3) is 0 Å². The summed E-state index contributed by atoms with van der Waals surface area (Å²) in [5.41, 5.74) is 2.85. The molecule has 0 saturated heterocycles. The molecular weight excluding hydrogens is 379 g/mol. The molecule has 2 aromatic carbocycles. The van der Waals surface area contributed by atoms with Crippen molar-refractivity contribution in [2.75, 3.05) is 0 Å². The fraction of sp³-hybridized carbons (Fsp3) is 0.211. The third-order valence-electron chi connectivity index (χ3n) is 4.24. The van der Waals surface area contributed by atoms with Crippen LogP contribution in [0.15, 0.2) is 48.7 Å². The first kappa shape index (κ1) is 16.8. The predicted octanol–water partition coefficient (Wildman–Crippen LogP) is 6.29. The third kappa shape index (κ3) is 3.50. The number of hydrogen-bond donors (Lipinski definition) is 0. The van der Waals surface area contributed by atoms with Crippen molar-refractivity contribution < 1.29 is 4.74 Å². The zero-order chi connectivity index (χ0) is 17.4. The van der Waals surface area contributed by atoms with Crippen LogP contribution in [0.3, 0.4) is 0 Å². The molecule has 128 valence electrons. The SMILES string of the molecule is Clc1cccc(OCc2c(C3CC3)cnn2-c2c(Cl)cccc2Cl)c1. The van der Waals surface area contributed by atoms with Crippen LogP contribution >= 0.6 is 34.8 Å². The van der Waals surface area contributed by atoms with Crippen LogP contribution in [0.1, 0.15) is 30.0 Å². The van der Waals surface area contributed by atoms with Gasteiger partial charge in [0.15, 0.2) is 0 Å². The van der Waals surface area contributed by atoms with E-state index in [4.69, 9.17) is 39.5 Å². The molecule has 6 heteroatoms. The second kappa shape index (κ2) is 6.91. The van der Waals surface area contributed by atoms with Gasteiger partial charge in [-0.3, -0.25) is 0 Å². The van der Waals surface area contributed by atoms with Crippen molar-refractivity contribution in [2.24, 2.45) is 0 Å². The Hall–Kier alpha value is -1.68. The highest BCUT2D eigenvalue weighted by molar-refractivity contribution is 6.37. The summed E-state index contributed by atoms with van der Waals surface area (Å²) < 4.78 is 7.75. The highest BCUT2D eigenvalue weighted by Crippen LogP contribution is 2.43. The summed E-state index contributed by atoms with van der Waals surface area (Å²) in [4.78, 5) is 0. The van der Waals surface area contributed by atoms with Gasteiger partial charge in [0, 0.05) is 10.6 Å². The Morgan fingerprint density at radius 3 is 2.44 bits per heavy atom. The van der Waals surface area contributed by atoms with Crippen molar-refractivity contribution in [3.63, 3.8) is 0 Å². The summed E-state index contributed by atoms with van der Waals surface area (Å²) >= 11 is 18.8. The molecule has 0 N–H and O–H groups in total. The number of halogens is 3. The van der Waals surface area contributed by atoms with E-state index in [0.29, 0.717) is 39.0 Å². The van der Waals surface area contributed by atoms with E-state index in [1.807, 2.05) is 42.6 Å². The summed E-state index contributed by atoms with van der Waals surface area (Å²) in [6.45, 7) is 0.369. The van der Waals surface area contributed by atoms with Gasteiger partial charge in [-0.05, 0) is 49.1 Å². The summed E-state index contributed by atoms with van der Waals surface area (Å²) in [5.74, 6) is 1.25. The lowest BCUT2D eigenvalue weighted by Crippen LogP contribution is -2.08. The zero-order valence-corrected chi connectivity index (χ0v) is 15.5. The molecule has 1 aliphatic carbocycles. The number of nitrogens with zero attached hydrogens (tertiary/aromatic N) is 2. The minimum Gasteiger partial charge on any atom is -0.487 e. The number of aromatic nitrogens is 2. The molecule has 25 heavy (non-hydrogen) atoms. The minimum absolute atomic E-state index is 0.369. The monoisotopic (exact) mass is 392 g/mol. The lowest BCUT2D eigenvalue weighted by molar-refractivity contribution is 0.296. The third-order valence-corrected chi connectivity index (χ3v) is 5.08. The second-order valence-electron chi connectivity index (χ2n) is 6.05. The summed E-state index contributed by atoms with van der Waals surface area (Å²) in [7, 11) is 0. The Balaban J connectivity index is 1.71. The second-order valence-corrected chi connectivity index (χ2v) is 7.30. The van der Waals surface area contributed by atoms with Crippen LogP contribution in [0.4, 0.5) is 0 Å². The van der Waals surface area contributed by atoms with Crippen molar-refractivity contribution >= 4 is 34.8 Å². The maximum absolute atomic E-state index is 6.37. The van der Waals surface area contributed by atoms with Crippen molar-refractivity contribution in [2.45, 2.75) is 25.4 Å². The molecule has 1 aromatic heterocycles. The predicted molar refractivity (Wildman–Crippen MR) is 101 cm³/mol. The summed E-state index contributed by atoms with van der Waals surface area (Å²) in [5, 5.41) is 6.30. The normalized spacial score (nSPS) is 13.9. The van der Waals surface area contributed by atoms with E-state index in [9.17, 15) is 0 Å². The fourth-order valence-corrected chi connectivity index (χ4v) is 3.60. The largest absolute Gasteiger partial charge is 0.487 e. The Morgan fingerprint density at radius 2 is 1.76 bits per heavy atom. The Bertz CT molecular complexity index is 899. The first-order valence-corrected chi connectivity index (χ1v) is 9.16. The van der Waals surface area contributed by atoms with Gasteiger partial charge in [-0.2, -0.15) is 5.10 Å². The zero-order valence-electron chi connectivity index (χ0n) is 13.3. The molecule has 1 aliphatic rings. The van der Waals surface area contributed by atoms with Gasteiger partial charge in [-0.1, -0.05) is 46.9 Å². The van der Waals surface area contributed by atoms with Crippen LogP contribution in [0.5, 0.6) is 5.75 Å². The standard InChI is InChI=1S/C19H15Cl3N2O/c20-13-3-1-4-14(9-13)25-11-18-15(12-7-8-12)10-23-24(18)19-16(21)5-2-6-17(19)22/h1-6,9-10,12H,7-8,11H2. The quantitative estimate of drug-likeness (QED) is 0.509. The lowest BCUT2D eigenvalue weighted by Gasteiger charge is -2.13. The Kier molecular flexibility index (Phi) is 4.63. The Morgan fingerprint density at radius 1 is 1.04 bits per heavy atom. The van der Waals surface area contributed by atoms with Crippen LogP contribution in [0, 0.1) is 0 Å².